The summed E-state index contributed by atoms with van der Waals surface area (Å²) in [7, 11) is 0. The number of aliphatic hydroxyl groups is 8. The minimum atomic E-state index is -1.68. The molecule has 22 heteroatoms. The van der Waals surface area contributed by atoms with Gasteiger partial charge in [0.15, 0.2) is 18.9 Å². The lowest BCUT2D eigenvalue weighted by Gasteiger charge is -2.46. The molecule has 22 nitrogen and oxygen atoms in total. The molecule has 1 saturated carbocycles. The van der Waals surface area contributed by atoms with E-state index < -0.39 is 135 Å². The molecule has 1 amide bonds. The zero-order valence-electron chi connectivity index (χ0n) is 28.6. The van der Waals surface area contributed by atoms with Crippen LogP contribution in [0.15, 0.2) is 12.2 Å². The van der Waals surface area contributed by atoms with Crippen molar-refractivity contribution < 1.29 is 74.1 Å². The second-order valence-corrected chi connectivity index (χ2v) is 13.5. The van der Waals surface area contributed by atoms with E-state index in [1.165, 1.54) is 0 Å². The van der Waals surface area contributed by atoms with Gasteiger partial charge in [0.25, 0.3) is 0 Å². The Balaban J connectivity index is 1.53. The van der Waals surface area contributed by atoms with Crippen LogP contribution in [0.4, 0.5) is 0 Å². The summed E-state index contributed by atoms with van der Waals surface area (Å²) in [5.41, 5.74) is 30.0. The number of nitrogens with two attached hydrogens (primary N) is 5. The normalized spacial score (nSPS) is 43.7. The van der Waals surface area contributed by atoms with Gasteiger partial charge in [-0.2, -0.15) is 0 Å². The minimum absolute atomic E-state index is 0.0208. The third-order valence-corrected chi connectivity index (χ3v) is 9.52. The number of hydrogen-bond donors (Lipinski definition) is 15. The zero-order valence-corrected chi connectivity index (χ0v) is 28.6. The quantitative estimate of drug-likeness (QED) is 0.0613. The average Bonchev–Trinajstić information content (AvgIpc) is 3.42. The summed E-state index contributed by atoms with van der Waals surface area (Å²) in [6.45, 7) is -1.00. The first-order valence-corrected chi connectivity index (χ1v) is 17.3. The van der Waals surface area contributed by atoms with Crippen LogP contribution in [0.5, 0.6) is 0 Å². The fraction of sp³-hybridized carbons (Fsp3) is 0.900. The molecule has 0 bridgehead atoms. The maximum Gasteiger partial charge on any atom is 0.249 e. The van der Waals surface area contributed by atoms with Gasteiger partial charge in [-0.25, -0.2) is 0 Å². The molecular formula is C30H57N7O15. The van der Waals surface area contributed by atoms with Gasteiger partial charge in [-0.3, -0.25) is 4.79 Å². The van der Waals surface area contributed by atoms with Crippen molar-refractivity contribution in [1.29, 1.82) is 0 Å². The van der Waals surface area contributed by atoms with Crippen molar-refractivity contribution in [3.63, 3.8) is 0 Å². The molecule has 3 heterocycles. The highest BCUT2D eigenvalue weighted by atomic mass is 16.8. The van der Waals surface area contributed by atoms with Gasteiger partial charge in [0.2, 0.25) is 5.91 Å². The molecule has 0 spiro atoms. The summed E-state index contributed by atoms with van der Waals surface area (Å²) < 4.78 is 35.7. The van der Waals surface area contributed by atoms with E-state index in [1.54, 1.807) is 12.2 Å². The number of rotatable bonds is 17. The average molecular weight is 756 g/mol. The van der Waals surface area contributed by atoms with Crippen LogP contribution in [0.3, 0.4) is 0 Å². The van der Waals surface area contributed by atoms with E-state index in [-0.39, 0.29) is 39.0 Å². The van der Waals surface area contributed by atoms with Crippen molar-refractivity contribution in [3.05, 3.63) is 12.2 Å². The molecule has 1 aliphatic carbocycles. The number of carbonyl (C=O) groups excluding carboxylic acids is 1. The van der Waals surface area contributed by atoms with E-state index in [2.05, 4.69) is 10.6 Å². The molecule has 52 heavy (non-hydrogen) atoms. The Bertz CT molecular complexity index is 1130. The number of hydrogen-bond acceptors (Lipinski definition) is 21. The van der Waals surface area contributed by atoms with Crippen LogP contribution in [0.2, 0.25) is 0 Å². The molecule has 3 fully saturated rings. The summed E-state index contributed by atoms with van der Waals surface area (Å²) in [6.07, 6.45) is -16.6. The summed E-state index contributed by atoms with van der Waals surface area (Å²) in [6, 6.07) is -4.17. The molecule has 0 radical (unpaired) electrons. The Hall–Kier alpha value is -1.59. The van der Waals surface area contributed by atoms with Gasteiger partial charge in [-0.05, 0) is 19.4 Å². The number of amides is 1. The monoisotopic (exact) mass is 755 g/mol. The summed E-state index contributed by atoms with van der Waals surface area (Å²) in [4.78, 5) is 12.7. The maximum absolute atomic E-state index is 12.7. The second kappa shape index (κ2) is 19.8. The Morgan fingerprint density at radius 1 is 0.827 bits per heavy atom. The second-order valence-electron chi connectivity index (χ2n) is 13.5. The van der Waals surface area contributed by atoms with Crippen LogP contribution < -0.4 is 39.3 Å². The number of nitrogens with one attached hydrogen (secondary N) is 2. The van der Waals surface area contributed by atoms with E-state index in [9.17, 15) is 40.5 Å². The Kier molecular flexibility index (Phi) is 16.5. The SMILES string of the molecule is NCC[C@H](O)C(=O)N[C@@H]1C[C@H](N)[C@@H](O[C@H]2O[C@H](CNCC(O)CO)C=C[C@H]2N)[C@H](O[C@@H]2O[C@H](CO)[C@@H](O[C@H]3O[C@@H](CN)[C@@H](O)[C@H](O)[C@H]3N)[C@H]2O)[C@H]1O. The van der Waals surface area contributed by atoms with E-state index >= 15 is 0 Å². The fourth-order valence-electron chi connectivity index (χ4n) is 6.50. The standard InChI is InChI=1S/C30H57N7O15/c31-4-3-16(41)27(46)37-15-5-14(34)24(50-28-13(33)2-1-12(47-28)8-36-7-11(40)9-38)26(20(15)42)52-30-23(45)25(18(10-39)49-30)51-29-19(35)22(44)21(43)17(6-32)48-29/h1-2,11-26,28-30,36,38-45H,3-10,31-35H2,(H,37,46)/t11?,12-,13+,14-,15+,16-,17-,18+,19+,20-,21+,22+,23+,24+,25+,26+,28+,29+,30-/m0/s1. The van der Waals surface area contributed by atoms with Crippen LogP contribution in [-0.4, -0.2) is 202 Å². The molecule has 4 aliphatic rings. The van der Waals surface area contributed by atoms with Crippen molar-refractivity contribution in [3.8, 4) is 0 Å². The van der Waals surface area contributed by atoms with Gasteiger partial charge in [0.05, 0.1) is 43.5 Å². The van der Waals surface area contributed by atoms with Gasteiger partial charge in [-0.15, -0.1) is 0 Å². The third kappa shape index (κ3) is 10.4. The van der Waals surface area contributed by atoms with E-state index in [0.717, 1.165) is 0 Å². The first kappa shape index (κ1) is 43.1. The third-order valence-electron chi connectivity index (χ3n) is 9.52. The first-order valence-electron chi connectivity index (χ1n) is 17.3. The molecule has 2 saturated heterocycles. The molecule has 0 aromatic carbocycles. The van der Waals surface area contributed by atoms with E-state index in [4.69, 9.17) is 62.2 Å². The lowest BCUT2D eigenvalue weighted by Crippen LogP contribution is -2.67. The van der Waals surface area contributed by atoms with Gasteiger partial charge in [0, 0.05) is 25.7 Å². The largest absolute Gasteiger partial charge is 0.394 e. The Labute approximate surface area is 300 Å². The number of carbonyl (C=O) groups is 1. The maximum atomic E-state index is 12.7. The summed E-state index contributed by atoms with van der Waals surface area (Å²) >= 11 is 0. The zero-order chi connectivity index (χ0) is 38.3. The highest BCUT2D eigenvalue weighted by molar-refractivity contribution is 5.80. The lowest BCUT2D eigenvalue weighted by atomic mass is 9.83. The van der Waals surface area contributed by atoms with Crippen molar-refractivity contribution in [2.75, 3.05) is 39.4 Å². The number of ether oxygens (including phenoxy) is 6. The van der Waals surface area contributed by atoms with Gasteiger partial charge >= 0.3 is 0 Å². The molecule has 0 aromatic heterocycles. The molecule has 0 aromatic rings. The van der Waals surface area contributed by atoms with Gasteiger partial charge in [-0.1, -0.05) is 12.2 Å². The van der Waals surface area contributed by atoms with Crippen LogP contribution >= 0.6 is 0 Å². The van der Waals surface area contributed by atoms with Crippen molar-refractivity contribution in [2.45, 2.75) is 129 Å². The minimum Gasteiger partial charge on any atom is -0.394 e. The molecular weight excluding hydrogens is 698 g/mol. The lowest BCUT2D eigenvalue weighted by molar-refractivity contribution is -0.284. The van der Waals surface area contributed by atoms with Crippen molar-refractivity contribution in [2.24, 2.45) is 28.7 Å². The fourth-order valence-corrected chi connectivity index (χ4v) is 6.50. The van der Waals surface area contributed by atoms with Crippen LogP contribution in [0.25, 0.3) is 0 Å². The first-order chi connectivity index (χ1) is 24.7. The highest BCUT2D eigenvalue weighted by Gasteiger charge is 2.54. The molecule has 19 atom stereocenters. The van der Waals surface area contributed by atoms with Crippen molar-refractivity contribution >= 4 is 5.91 Å². The van der Waals surface area contributed by atoms with Gasteiger partial charge in [0.1, 0.15) is 61.0 Å². The smallest absolute Gasteiger partial charge is 0.249 e. The van der Waals surface area contributed by atoms with E-state index in [1.807, 2.05) is 0 Å². The highest BCUT2D eigenvalue weighted by Crippen LogP contribution is 2.34. The summed E-state index contributed by atoms with van der Waals surface area (Å²) in [5, 5.41) is 88.2. The van der Waals surface area contributed by atoms with Crippen LogP contribution in [-0.2, 0) is 33.2 Å². The predicted molar refractivity (Wildman–Crippen MR) is 176 cm³/mol. The van der Waals surface area contributed by atoms with Crippen LogP contribution in [0.1, 0.15) is 12.8 Å². The molecule has 3 aliphatic heterocycles. The van der Waals surface area contributed by atoms with Crippen LogP contribution in [0, 0.1) is 0 Å². The molecule has 1 unspecified atom stereocenters. The summed E-state index contributed by atoms with van der Waals surface area (Å²) in [5.74, 6) is -0.817. The molecule has 20 N–H and O–H groups in total. The van der Waals surface area contributed by atoms with Gasteiger partial charge < -0.3 is 109 Å². The topological polar surface area (TPSA) is 388 Å². The molecule has 4 rings (SSSR count). The predicted octanol–water partition coefficient (Wildman–Crippen LogP) is -9.21. The molecule has 302 valence electrons. The van der Waals surface area contributed by atoms with Crippen molar-refractivity contribution in [1.82, 2.24) is 10.6 Å². The van der Waals surface area contributed by atoms with E-state index in [0.29, 0.717) is 0 Å². The number of aliphatic hydroxyl groups excluding tert-OH is 8. The Morgan fingerprint density at radius 3 is 2.15 bits per heavy atom. The Morgan fingerprint density at radius 2 is 1.50 bits per heavy atom.